The quantitative estimate of drug-likeness (QED) is 0.632. The molecule has 1 aromatic heterocycles. The van der Waals surface area contributed by atoms with Gasteiger partial charge in [-0.3, -0.25) is 0 Å². The predicted octanol–water partition coefficient (Wildman–Crippen LogP) is 2.05. The van der Waals surface area contributed by atoms with E-state index < -0.39 is 11.7 Å². The molecular weight excluding hydrogens is 244 g/mol. The highest BCUT2D eigenvalue weighted by molar-refractivity contribution is 5.67. The molecule has 5 heteroatoms. The zero-order valence-corrected chi connectivity index (χ0v) is 11.4. The molecule has 0 atom stereocenters. The number of rotatable bonds is 2. The molecule has 19 heavy (non-hydrogen) atoms. The molecule has 1 heterocycles. The van der Waals surface area contributed by atoms with E-state index in [1.165, 1.54) is 12.3 Å². The van der Waals surface area contributed by atoms with E-state index in [0.29, 0.717) is 18.7 Å². The zero-order valence-electron chi connectivity index (χ0n) is 11.4. The SMILES string of the molecule is CC(C)(C)OC(=O)NCCC#Cc1ccc(O)cn1. The van der Waals surface area contributed by atoms with E-state index >= 15 is 0 Å². The molecule has 0 aromatic carbocycles. The van der Waals surface area contributed by atoms with Gasteiger partial charge in [0, 0.05) is 13.0 Å². The van der Waals surface area contributed by atoms with Crippen LogP contribution in [0.25, 0.3) is 0 Å². The number of hydrogen-bond donors (Lipinski definition) is 2. The van der Waals surface area contributed by atoms with Crippen molar-refractivity contribution < 1.29 is 14.6 Å². The van der Waals surface area contributed by atoms with Crippen LogP contribution in [0.2, 0.25) is 0 Å². The highest BCUT2D eigenvalue weighted by Gasteiger charge is 2.15. The van der Waals surface area contributed by atoms with Crippen LogP contribution in [0.5, 0.6) is 5.75 Å². The molecule has 2 N–H and O–H groups in total. The lowest BCUT2D eigenvalue weighted by atomic mass is 10.2. The Hall–Kier alpha value is -2.22. The maximum absolute atomic E-state index is 11.3. The summed E-state index contributed by atoms with van der Waals surface area (Å²) in [4.78, 5) is 15.2. The first-order valence-electron chi connectivity index (χ1n) is 5.97. The van der Waals surface area contributed by atoms with Crippen LogP contribution >= 0.6 is 0 Å². The first-order chi connectivity index (χ1) is 8.87. The number of pyridine rings is 1. The Morgan fingerprint density at radius 3 is 2.79 bits per heavy atom. The summed E-state index contributed by atoms with van der Waals surface area (Å²) >= 11 is 0. The summed E-state index contributed by atoms with van der Waals surface area (Å²) in [6.07, 6.45) is 1.39. The lowest BCUT2D eigenvalue weighted by molar-refractivity contribution is 0.0529. The molecule has 0 saturated heterocycles. The summed E-state index contributed by atoms with van der Waals surface area (Å²) < 4.78 is 5.08. The molecule has 0 aliphatic carbocycles. The maximum atomic E-state index is 11.3. The third kappa shape index (κ3) is 6.94. The molecule has 102 valence electrons. The molecule has 0 spiro atoms. The number of alkyl carbamates (subject to hydrolysis) is 1. The highest BCUT2D eigenvalue weighted by atomic mass is 16.6. The summed E-state index contributed by atoms with van der Waals surface area (Å²) in [6.45, 7) is 5.84. The maximum Gasteiger partial charge on any atom is 0.407 e. The molecular formula is C14H18N2O3. The first-order valence-corrected chi connectivity index (χ1v) is 5.97. The zero-order chi connectivity index (χ0) is 14.3. The second kappa shape index (κ2) is 6.64. The van der Waals surface area contributed by atoms with Gasteiger partial charge in [-0.2, -0.15) is 0 Å². The Morgan fingerprint density at radius 2 is 2.21 bits per heavy atom. The lowest BCUT2D eigenvalue weighted by Gasteiger charge is -2.19. The fourth-order valence-corrected chi connectivity index (χ4v) is 1.15. The summed E-state index contributed by atoms with van der Waals surface area (Å²) in [5, 5.41) is 11.7. The van der Waals surface area contributed by atoms with Crippen LogP contribution in [0.4, 0.5) is 4.79 Å². The number of carbonyl (C=O) groups is 1. The molecule has 0 bridgehead atoms. The third-order valence-electron chi connectivity index (χ3n) is 1.88. The van der Waals surface area contributed by atoms with E-state index in [4.69, 9.17) is 9.84 Å². The summed E-state index contributed by atoms with van der Waals surface area (Å²) in [5.74, 6) is 5.81. The van der Waals surface area contributed by atoms with Crippen molar-refractivity contribution in [3.8, 4) is 17.6 Å². The number of aromatic nitrogens is 1. The number of aromatic hydroxyl groups is 1. The minimum absolute atomic E-state index is 0.108. The van der Waals surface area contributed by atoms with Gasteiger partial charge < -0.3 is 15.2 Å². The first kappa shape index (κ1) is 14.8. The topological polar surface area (TPSA) is 71.5 Å². The van der Waals surface area contributed by atoms with Crippen molar-refractivity contribution >= 4 is 6.09 Å². The fraction of sp³-hybridized carbons (Fsp3) is 0.429. The van der Waals surface area contributed by atoms with Crippen molar-refractivity contribution in [2.24, 2.45) is 0 Å². The van der Waals surface area contributed by atoms with Gasteiger partial charge in [-0.05, 0) is 38.8 Å². The van der Waals surface area contributed by atoms with Crippen LogP contribution in [0.1, 0.15) is 32.9 Å². The van der Waals surface area contributed by atoms with Gasteiger partial charge in [0.1, 0.15) is 17.0 Å². The van der Waals surface area contributed by atoms with Gasteiger partial charge in [-0.1, -0.05) is 5.92 Å². The van der Waals surface area contributed by atoms with Gasteiger partial charge in [0.2, 0.25) is 0 Å². The normalized spacial score (nSPS) is 10.3. The highest BCUT2D eigenvalue weighted by Crippen LogP contribution is 2.06. The molecule has 5 nitrogen and oxygen atoms in total. The van der Waals surface area contributed by atoms with Crippen LogP contribution in [0.3, 0.4) is 0 Å². The standard InChI is InChI=1S/C14H18N2O3/c1-14(2,3)19-13(18)15-9-5-4-6-11-7-8-12(17)10-16-11/h7-8,10,17H,5,9H2,1-3H3,(H,15,18). The Bertz CT molecular complexity index is 478. The average molecular weight is 262 g/mol. The second-order valence-corrected chi connectivity index (χ2v) is 4.88. The Kier molecular flexibility index (Phi) is 5.19. The molecule has 1 amide bonds. The van der Waals surface area contributed by atoms with Crippen molar-refractivity contribution in [2.75, 3.05) is 6.54 Å². The van der Waals surface area contributed by atoms with Crippen LogP contribution in [-0.4, -0.2) is 28.3 Å². The Morgan fingerprint density at radius 1 is 1.47 bits per heavy atom. The van der Waals surface area contributed by atoms with Gasteiger partial charge >= 0.3 is 6.09 Å². The van der Waals surface area contributed by atoms with E-state index in [-0.39, 0.29) is 5.75 Å². The monoisotopic (exact) mass is 262 g/mol. The van der Waals surface area contributed by atoms with Gasteiger partial charge in [-0.15, -0.1) is 0 Å². The summed E-state index contributed by atoms with van der Waals surface area (Å²) in [5.41, 5.74) is 0.0844. The summed E-state index contributed by atoms with van der Waals surface area (Å²) in [6, 6.07) is 3.15. The third-order valence-corrected chi connectivity index (χ3v) is 1.88. The second-order valence-electron chi connectivity index (χ2n) is 4.88. The number of ether oxygens (including phenoxy) is 1. The van der Waals surface area contributed by atoms with Crippen LogP contribution in [0, 0.1) is 11.8 Å². The smallest absolute Gasteiger partial charge is 0.407 e. The van der Waals surface area contributed by atoms with E-state index in [2.05, 4.69) is 22.1 Å². The van der Waals surface area contributed by atoms with E-state index in [9.17, 15) is 4.79 Å². The van der Waals surface area contributed by atoms with E-state index in [0.717, 1.165) is 0 Å². The van der Waals surface area contributed by atoms with Gasteiger partial charge in [-0.25, -0.2) is 9.78 Å². The van der Waals surface area contributed by atoms with Crippen molar-refractivity contribution in [3.05, 3.63) is 24.0 Å². The molecule has 0 aliphatic rings. The number of nitrogens with one attached hydrogen (secondary N) is 1. The fourth-order valence-electron chi connectivity index (χ4n) is 1.15. The molecule has 0 fully saturated rings. The number of nitrogens with zero attached hydrogens (tertiary/aromatic N) is 1. The molecule has 0 radical (unpaired) electrons. The van der Waals surface area contributed by atoms with Gasteiger partial charge in [0.15, 0.2) is 0 Å². The van der Waals surface area contributed by atoms with Crippen molar-refractivity contribution in [1.29, 1.82) is 0 Å². The molecule has 0 unspecified atom stereocenters. The lowest BCUT2D eigenvalue weighted by Crippen LogP contribution is -2.32. The number of carbonyl (C=O) groups excluding carboxylic acids is 1. The molecule has 0 aliphatic heterocycles. The number of amides is 1. The van der Waals surface area contributed by atoms with Crippen molar-refractivity contribution in [2.45, 2.75) is 32.8 Å². The average Bonchev–Trinajstić information content (AvgIpc) is 2.29. The molecule has 0 saturated carbocycles. The van der Waals surface area contributed by atoms with Crippen molar-refractivity contribution in [3.63, 3.8) is 0 Å². The largest absolute Gasteiger partial charge is 0.506 e. The van der Waals surface area contributed by atoms with Gasteiger partial charge in [0.25, 0.3) is 0 Å². The van der Waals surface area contributed by atoms with Crippen LogP contribution < -0.4 is 5.32 Å². The minimum Gasteiger partial charge on any atom is -0.506 e. The minimum atomic E-state index is -0.494. The Labute approximate surface area is 113 Å². The van der Waals surface area contributed by atoms with Crippen molar-refractivity contribution in [1.82, 2.24) is 10.3 Å². The molecule has 1 rings (SSSR count). The predicted molar refractivity (Wildman–Crippen MR) is 71.6 cm³/mol. The Balaban J connectivity index is 2.28. The van der Waals surface area contributed by atoms with E-state index in [1.54, 1.807) is 6.07 Å². The van der Waals surface area contributed by atoms with Crippen LogP contribution in [0.15, 0.2) is 18.3 Å². The van der Waals surface area contributed by atoms with E-state index in [1.807, 2.05) is 20.8 Å². The number of hydrogen-bond acceptors (Lipinski definition) is 4. The van der Waals surface area contributed by atoms with Crippen LogP contribution in [-0.2, 0) is 4.74 Å². The molecule has 1 aromatic rings. The van der Waals surface area contributed by atoms with Gasteiger partial charge in [0.05, 0.1) is 6.20 Å². The summed E-state index contributed by atoms with van der Waals surface area (Å²) in [7, 11) is 0.